The molecule has 0 saturated heterocycles. The smallest absolute Gasteiger partial charge is 0.252 e. The summed E-state index contributed by atoms with van der Waals surface area (Å²) in [5.41, 5.74) is 0.863. The first-order valence-corrected chi connectivity index (χ1v) is 7.04. The van der Waals surface area contributed by atoms with Gasteiger partial charge in [-0.3, -0.25) is 4.79 Å². The molecule has 1 aliphatic rings. The summed E-state index contributed by atoms with van der Waals surface area (Å²) in [6.07, 6.45) is 4.73. The van der Waals surface area contributed by atoms with Crippen molar-refractivity contribution in [2.24, 2.45) is 5.41 Å². The highest BCUT2D eigenvalue weighted by Gasteiger charge is 2.33. The highest BCUT2D eigenvalue weighted by molar-refractivity contribution is 7.80. The van der Waals surface area contributed by atoms with Gasteiger partial charge in [-0.25, -0.2) is 0 Å². The molecule has 2 nitrogen and oxygen atoms in total. The Balaban J connectivity index is 2.10. The minimum absolute atomic E-state index is 0.000532. The van der Waals surface area contributed by atoms with E-state index >= 15 is 0 Å². The Morgan fingerprint density at radius 1 is 1.33 bits per heavy atom. The van der Waals surface area contributed by atoms with Crippen molar-refractivity contribution in [3.05, 3.63) is 29.8 Å². The van der Waals surface area contributed by atoms with Crippen molar-refractivity contribution in [2.75, 3.05) is 0 Å². The molecule has 1 aliphatic carbocycles. The number of rotatable bonds is 2. The summed E-state index contributed by atoms with van der Waals surface area (Å²) in [5, 5.41) is 3.18. The van der Waals surface area contributed by atoms with E-state index in [1.165, 1.54) is 19.3 Å². The van der Waals surface area contributed by atoms with Crippen LogP contribution in [0.4, 0.5) is 0 Å². The molecule has 1 saturated carbocycles. The van der Waals surface area contributed by atoms with E-state index in [0.29, 0.717) is 5.56 Å². The van der Waals surface area contributed by atoms with Gasteiger partial charge >= 0.3 is 0 Å². The molecular weight excluding hydrogens is 242 g/mol. The van der Waals surface area contributed by atoms with Gasteiger partial charge in [0.2, 0.25) is 0 Å². The van der Waals surface area contributed by atoms with Gasteiger partial charge in [-0.15, -0.1) is 12.6 Å². The Labute approximate surface area is 115 Å². The minimum Gasteiger partial charge on any atom is -0.349 e. The van der Waals surface area contributed by atoms with Crippen LogP contribution in [0.15, 0.2) is 29.2 Å². The molecule has 0 spiro atoms. The third-order valence-electron chi connectivity index (χ3n) is 3.96. The van der Waals surface area contributed by atoms with Crippen molar-refractivity contribution in [1.82, 2.24) is 5.32 Å². The molecule has 0 aliphatic heterocycles. The molecule has 0 aromatic heterocycles. The van der Waals surface area contributed by atoms with E-state index in [9.17, 15) is 4.79 Å². The number of hydrogen-bond acceptors (Lipinski definition) is 2. The summed E-state index contributed by atoms with van der Waals surface area (Å²) in [5.74, 6) is 0.000532. The molecule has 3 heteroatoms. The maximum absolute atomic E-state index is 12.3. The molecule has 1 fully saturated rings. The van der Waals surface area contributed by atoms with Crippen LogP contribution < -0.4 is 5.32 Å². The molecule has 0 heterocycles. The van der Waals surface area contributed by atoms with Crippen LogP contribution in [0, 0.1) is 5.41 Å². The average molecular weight is 263 g/mol. The molecule has 1 aromatic carbocycles. The first-order chi connectivity index (χ1) is 8.50. The maximum atomic E-state index is 12.3. The fraction of sp³-hybridized carbons (Fsp3) is 0.533. The third-order valence-corrected chi connectivity index (χ3v) is 4.35. The Kier molecular flexibility index (Phi) is 4.00. The second-order valence-corrected chi connectivity index (χ2v) is 6.26. The van der Waals surface area contributed by atoms with Crippen molar-refractivity contribution < 1.29 is 4.79 Å². The van der Waals surface area contributed by atoms with Crippen LogP contribution in [0.2, 0.25) is 0 Å². The van der Waals surface area contributed by atoms with Crippen LogP contribution in [-0.4, -0.2) is 11.9 Å². The highest BCUT2D eigenvalue weighted by atomic mass is 32.1. The van der Waals surface area contributed by atoms with Gasteiger partial charge in [0.15, 0.2) is 0 Å². The normalized spacial score (nSPS) is 22.5. The van der Waals surface area contributed by atoms with Crippen LogP contribution >= 0.6 is 12.6 Å². The molecule has 18 heavy (non-hydrogen) atoms. The van der Waals surface area contributed by atoms with E-state index in [1.54, 1.807) is 0 Å². The van der Waals surface area contributed by atoms with Crippen molar-refractivity contribution in [3.63, 3.8) is 0 Å². The Morgan fingerprint density at radius 2 is 2.06 bits per heavy atom. The zero-order chi connectivity index (χ0) is 13.2. The number of carbonyl (C=O) groups is 1. The molecule has 1 atom stereocenters. The summed E-state index contributed by atoms with van der Waals surface area (Å²) in [4.78, 5) is 13.0. The number of thiol groups is 1. The van der Waals surface area contributed by atoms with Crippen molar-refractivity contribution in [2.45, 2.75) is 50.5 Å². The first-order valence-electron chi connectivity index (χ1n) is 6.59. The van der Waals surface area contributed by atoms with Crippen molar-refractivity contribution in [3.8, 4) is 0 Å². The van der Waals surface area contributed by atoms with E-state index < -0.39 is 0 Å². The van der Waals surface area contributed by atoms with Gasteiger partial charge in [0.25, 0.3) is 5.91 Å². The molecule has 1 amide bonds. The fourth-order valence-corrected chi connectivity index (χ4v) is 2.93. The van der Waals surface area contributed by atoms with Gasteiger partial charge in [-0.2, -0.15) is 0 Å². The van der Waals surface area contributed by atoms with Gasteiger partial charge in [0, 0.05) is 10.9 Å². The van der Waals surface area contributed by atoms with E-state index in [2.05, 4.69) is 31.8 Å². The Bertz CT molecular complexity index is 442. The summed E-state index contributed by atoms with van der Waals surface area (Å²) in [6, 6.07) is 7.72. The lowest BCUT2D eigenvalue weighted by Gasteiger charge is -2.39. The lowest BCUT2D eigenvalue weighted by atomic mass is 9.73. The Hall–Kier alpha value is -0.960. The SMILES string of the molecule is CC1(C)CCCCC1NC(=O)c1ccccc1S. The molecule has 1 unspecified atom stereocenters. The topological polar surface area (TPSA) is 29.1 Å². The van der Waals surface area contributed by atoms with Crippen molar-refractivity contribution in [1.29, 1.82) is 0 Å². The monoisotopic (exact) mass is 263 g/mol. The zero-order valence-electron chi connectivity index (χ0n) is 11.1. The summed E-state index contributed by atoms with van der Waals surface area (Å²) in [6.45, 7) is 4.48. The molecule has 0 radical (unpaired) electrons. The predicted octanol–water partition coefficient (Wildman–Crippen LogP) is 3.67. The molecule has 2 rings (SSSR count). The fourth-order valence-electron chi connectivity index (χ4n) is 2.66. The lowest BCUT2D eigenvalue weighted by molar-refractivity contribution is 0.0850. The second-order valence-electron chi connectivity index (χ2n) is 5.78. The van der Waals surface area contributed by atoms with Crippen LogP contribution in [0.5, 0.6) is 0 Å². The molecule has 98 valence electrons. The van der Waals surface area contributed by atoms with Gasteiger partial charge < -0.3 is 5.32 Å². The van der Waals surface area contributed by atoms with Crippen molar-refractivity contribution >= 4 is 18.5 Å². The van der Waals surface area contributed by atoms with Gasteiger partial charge in [-0.05, 0) is 30.4 Å². The second kappa shape index (κ2) is 5.35. The van der Waals surface area contributed by atoms with Crippen LogP contribution in [0.3, 0.4) is 0 Å². The quantitative estimate of drug-likeness (QED) is 0.783. The maximum Gasteiger partial charge on any atom is 0.252 e. The third kappa shape index (κ3) is 2.89. The number of benzene rings is 1. The predicted molar refractivity (Wildman–Crippen MR) is 77.2 cm³/mol. The van der Waals surface area contributed by atoms with Gasteiger partial charge in [0.1, 0.15) is 0 Å². The van der Waals surface area contributed by atoms with Gasteiger partial charge in [-0.1, -0.05) is 38.8 Å². The number of amides is 1. The van der Waals surface area contributed by atoms with E-state index in [0.717, 1.165) is 11.3 Å². The number of hydrogen-bond donors (Lipinski definition) is 2. The Morgan fingerprint density at radius 3 is 2.72 bits per heavy atom. The zero-order valence-corrected chi connectivity index (χ0v) is 12.0. The van der Waals surface area contributed by atoms with E-state index in [-0.39, 0.29) is 17.4 Å². The first kappa shape index (κ1) is 13.5. The van der Waals surface area contributed by atoms with E-state index in [4.69, 9.17) is 0 Å². The number of nitrogens with one attached hydrogen (secondary N) is 1. The summed E-state index contributed by atoms with van der Waals surface area (Å²) >= 11 is 4.34. The average Bonchev–Trinajstić information content (AvgIpc) is 2.32. The van der Waals surface area contributed by atoms with Crippen LogP contribution in [0.1, 0.15) is 49.9 Å². The summed E-state index contributed by atoms with van der Waals surface area (Å²) in [7, 11) is 0. The number of carbonyl (C=O) groups excluding carboxylic acids is 1. The van der Waals surface area contributed by atoms with E-state index in [1.807, 2.05) is 24.3 Å². The standard InChI is InChI=1S/C15H21NOS/c1-15(2)10-6-5-9-13(15)16-14(17)11-7-3-4-8-12(11)18/h3-4,7-8,13,18H,5-6,9-10H2,1-2H3,(H,16,17). The molecule has 0 bridgehead atoms. The lowest BCUT2D eigenvalue weighted by Crippen LogP contribution is -2.46. The molecular formula is C15H21NOS. The largest absolute Gasteiger partial charge is 0.349 e. The van der Waals surface area contributed by atoms with Gasteiger partial charge in [0.05, 0.1) is 5.56 Å². The van der Waals surface area contributed by atoms with Crippen LogP contribution in [0.25, 0.3) is 0 Å². The summed E-state index contributed by atoms with van der Waals surface area (Å²) < 4.78 is 0. The molecule has 1 N–H and O–H groups in total. The molecule has 1 aromatic rings. The minimum atomic E-state index is 0.000532. The van der Waals surface area contributed by atoms with Crippen LogP contribution in [-0.2, 0) is 0 Å². The highest BCUT2D eigenvalue weighted by Crippen LogP contribution is 2.35.